The van der Waals surface area contributed by atoms with Crippen molar-refractivity contribution in [2.24, 2.45) is 0 Å². The van der Waals surface area contributed by atoms with Gasteiger partial charge in [0.25, 0.3) is 0 Å². The van der Waals surface area contributed by atoms with E-state index in [0.717, 1.165) is 43.7 Å². The maximum atomic E-state index is 14.1. The number of likely N-dealkylation sites (N-methyl/N-ethyl adjacent to an activating group) is 2. The number of carbonyl (C=O) groups excluding carboxylic acids is 1. The van der Waals surface area contributed by atoms with Crippen LogP contribution in [0.2, 0.25) is 5.02 Å². The van der Waals surface area contributed by atoms with Gasteiger partial charge < -0.3 is 30.1 Å². The summed E-state index contributed by atoms with van der Waals surface area (Å²) in [7, 11) is 7.57. The quantitative estimate of drug-likeness (QED) is 0.294. The summed E-state index contributed by atoms with van der Waals surface area (Å²) in [4.78, 5) is 27.5. The van der Waals surface area contributed by atoms with Gasteiger partial charge in [-0.1, -0.05) is 18.2 Å². The van der Waals surface area contributed by atoms with Crippen LogP contribution in [0.4, 0.5) is 33.1 Å². The lowest BCUT2D eigenvalue weighted by molar-refractivity contribution is -0.111. The minimum atomic E-state index is -0.360. The van der Waals surface area contributed by atoms with Crippen LogP contribution in [-0.2, 0) is 4.79 Å². The number of rotatable bonds is 11. The zero-order chi connectivity index (χ0) is 28.8. The highest BCUT2D eigenvalue weighted by atomic mass is 35.5. The Kier molecular flexibility index (Phi) is 9.44. The average Bonchev–Trinajstić information content (AvgIpc) is 3.42. The van der Waals surface area contributed by atoms with Gasteiger partial charge in [0.05, 0.1) is 30.2 Å². The van der Waals surface area contributed by atoms with Crippen molar-refractivity contribution in [1.82, 2.24) is 14.9 Å². The molecular formula is C29H35ClFN7O2. The van der Waals surface area contributed by atoms with Crippen molar-refractivity contribution in [1.29, 1.82) is 0 Å². The van der Waals surface area contributed by atoms with Gasteiger partial charge in [-0.3, -0.25) is 4.79 Å². The number of amides is 1. The van der Waals surface area contributed by atoms with Crippen molar-refractivity contribution in [2.75, 3.05) is 68.3 Å². The van der Waals surface area contributed by atoms with Crippen molar-refractivity contribution < 1.29 is 13.9 Å². The largest absolute Gasteiger partial charge is 0.494 e. The molecule has 2 N–H and O–H groups in total. The van der Waals surface area contributed by atoms with E-state index in [0.29, 0.717) is 33.8 Å². The third-order valence-electron chi connectivity index (χ3n) is 6.79. The summed E-state index contributed by atoms with van der Waals surface area (Å²) in [6, 6.07) is 10.1. The van der Waals surface area contributed by atoms with Crippen LogP contribution in [0.15, 0.2) is 55.4 Å². The summed E-state index contributed by atoms with van der Waals surface area (Å²) in [5.41, 5.74) is 2.84. The van der Waals surface area contributed by atoms with E-state index in [-0.39, 0.29) is 17.8 Å². The first kappa shape index (κ1) is 29.1. The van der Waals surface area contributed by atoms with Gasteiger partial charge in [-0.15, -0.1) is 0 Å². The molecule has 1 saturated heterocycles. The molecule has 1 amide bonds. The normalized spacial score (nSPS) is 14.8. The summed E-state index contributed by atoms with van der Waals surface area (Å²) in [5.74, 6) is 1.15. The Morgan fingerprint density at radius 2 is 1.98 bits per heavy atom. The van der Waals surface area contributed by atoms with E-state index in [2.05, 4.69) is 41.9 Å². The Morgan fingerprint density at radius 3 is 2.67 bits per heavy atom. The zero-order valence-corrected chi connectivity index (χ0v) is 24.0. The van der Waals surface area contributed by atoms with Crippen LogP contribution in [0.5, 0.6) is 5.75 Å². The van der Waals surface area contributed by atoms with E-state index in [1.165, 1.54) is 24.5 Å². The second-order valence-electron chi connectivity index (χ2n) is 9.93. The van der Waals surface area contributed by atoms with Gasteiger partial charge in [0.2, 0.25) is 5.91 Å². The van der Waals surface area contributed by atoms with Gasteiger partial charge in [-0.2, -0.15) is 0 Å². The average molecular weight is 568 g/mol. The minimum Gasteiger partial charge on any atom is -0.494 e. The highest BCUT2D eigenvalue weighted by Gasteiger charge is 2.28. The summed E-state index contributed by atoms with van der Waals surface area (Å²) in [5, 5.41) is 6.60. The maximum Gasteiger partial charge on any atom is 0.247 e. The lowest BCUT2D eigenvalue weighted by Crippen LogP contribution is -2.29. The monoisotopic (exact) mass is 567 g/mol. The number of methoxy groups -OCH3 is 1. The number of halogens is 2. The second kappa shape index (κ2) is 13.0. The molecule has 0 unspecified atom stereocenters. The molecule has 11 heteroatoms. The van der Waals surface area contributed by atoms with Crippen molar-refractivity contribution in [3.8, 4) is 5.75 Å². The van der Waals surface area contributed by atoms with Crippen LogP contribution in [0.25, 0.3) is 0 Å². The van der Waals surface area contributed by atoms with Gasteiger partial charge >= 0.3 is 0 Å². The van der Waals surface area contributed by atoms with Crippen LogP contribution >= 0.6 is 11.6 Å². The summed E-state index contributed by atoms with van der Waals surface area (Å²) >= 11 is 6.14. The Bertz CT molecular complexity index is 1350. The van der Waals surface area contributed by atoms with Crippen LogP contribution < -0.4 is 25.2 Å². The molecule has 4 rings (SSSR count). The van der Waals surface area contributed by atoms with Crippen molar-refractivity contribution in [2.45, 2.75) is 18.9 Å². The molecule has 0 aliphatic carbocycles. The van der Waals surface area contributed by atoms with Gasteiger partial charge in [0.1, 0.15) is 29.5 Å². The number of carbonyl (C=O) groups is 1. The first-order chi connectivity index (χ1) is 19.2. The Labute approximate surface area is 239 Å². The Hall–Kier alpha value is -3.89. The first-order valence-corrected chi connectivity index (χ1v) is 13.4. The molecule has 0 bridgehead atoms. The summed E-state index contributed by atoms with van der Waals surface area (Å²) in [6.07, 6.45) is 4.52. The van der Waals surface area contributed by atoms with Crippen LogP contribution in [-0.4, -0.2) is 68.7 Å². The third-order valence-corrected chi connectivity index (χ3v) is 7.01. The summed E-state index contributed by atoms with van der Waals surface area (Å²) in [6.45, 7) is 5.91. The highest BCUT2D eigenvalue weighted by molar-refractivity contribution is 6.30. The van der Waals surface area contributed by atoms with Gasteiger partial charge in [0.15, 0.2) is 0 Å². The topological polar surface area (TPSA) is 85.9 Å². The minimum absolute atomic E-state index is 0.0526. The smallest absolute Gasteiger partial charge is 0.247 e. The molecule has 0 saturated carbocycles. The molecular weight excluding hydrogens is 533 g/mol. The van der Waals surface area contributed by atoms with Crippen molar-refractivity contribution >= 4 is 46.2 Å². The number of benzene rings is 2. The standard InChI is InChI=1S/C29H35ClFN7O2/c1-6-29(39)35-22-15-23(26(40-5)16-25(22)37(4)11-10-36(2)3)34-27-17-28(33-18-32-27)38-9-7-8-24(38)19-12-20(30)14-21(31)13-19/h6,12-18,24H,1,7-11H2,2-5H3,(H,35,39)(H,32,33,34)/t24-/m1/s1. The molecule has 9 nitrogen and oxygen atoms in total. The van der Waals surface area contributed by atoms with E-state index < -0.39 is 0 Å². The lowest BCUT2D eigenvalue weighted by atomic mass is 10.0. The van der Waals surface area contributed by atoms with E-state index in [1.807, 2.05) is 39.3 Å². The number of nitrogens with zero attached hydrogens (tertiary/aromatic N) is 5. The Balaban J connectivity index is 1.64. The number of nitrogens with one attached hydrogen (secondary N) is 2. The van der Waals surface area contributed by atoms with Gasteiger partial charge in [-0.05, 0) is 62.8 Å². The van der Waals surface area contributed by atoms with Crippen molar-refractivity contribution in [3.05, 3.63) is 71.8 Å². The Morgan fingerprint density at radius 1 is 1.18 bits per heavy atom. The van der Waals surface area contributed by atoms with E-state index in [9.17, 15) is 9.18 Å². The molecule has 1 aromatic heterocycles. The lowest BCUT2D eigenvalue weighted by Gasteiger charge is -2.27. The number of aromatic nitrogens is 2. The number of hydrogen-bond donors (Lipinski definition) is 2. The first-order valence-electron chi connectivity index (χ1n) is 13.0. The molecule has 2 aromatic carbocycles. The predicted molar refractivity (Wildman–Crippen MR) is 160 cm³/mol. The molecule has 2 heterocycles. The molecule has 40 heavy (non-hydrogen) atoms. The molecule has 1 aliphatic rings. The molecule has 0 spiro atoms. The number of ether oxygens (including phenoxy) is 1. The molecule has 1 atom stereocenters. The van der Waals surface area contributed by atoms with E-state index >= 15 is 0 Å². The summed E-state index contributed by atoms with van der Waals surface area (Å²) < 4.78 is 19.8. The number of anilines is 5. The fraction of sp³-hybridized carbons (Fsp3) is 0.345. The molecule has 1 aliphatic heterocycles. The predicted octanol–water partition coefficient (Wildman–Crippen LogP) is 5.49. The van der Waals surface area contributed by atoms with Crippen LogP contribution in [0.3, 0.4) is 0 Å². The van der Waals surface area contributed by atoms with E-state index in [1.54, 1.807) is 13.2 Å². The molecule has 3 aromatic rings. The SMILES string of the molecule is C=CC(=O)Nc1cc(Nc2cc(N3CCC[C@@H]3c3cc(F)cc(Cl)c3)ncn2)c(OC)cc1N(C)CCN(C)C. The fourth-order valence-electron chi connectivity index (χ4n) is 4.77. The zero-order valence-electron chi connectivity index (χ0n) is 23.2. The third kappa shape index (κ3) is 7.00. The molecule has 212 valence electrons. The molecule has 0 radical (unpaired) electrons. The molecule has 1 fully saturated rings. The van der Waals surface area contributed by atoms with Gasteiger partial charge in [-0.25, -0.2) is 14.4 Å². The van der Waals surface area contributed by atoms with Crippen molar-refractivity contribution in [3.63, 3.8) is 0 Å². The number of hydrogen-bond acceptors (Lipinski definition) is 8. The maximum absolute atomic E-state index is 14.1. The van der Waals surface area contributed by atoms with Crippen LogP contribution in [0.1, 0.15) is 24.4 Å². The van der Waals surface area contributed by atoms with Gasteiger partial charge in [0, 0.05) is 43.8 Å². The highest BCUT2D eigenvalue weighted by Crippen LogP contribution is 2.40. The van der Waals surface area contributed by atoms with E-state index in [4.69, 9.17) is 16.3 Å². The van der Waals surface area contributed by atoms with Crippen LogP contribution in [0, 0.1) is 5.82 Å². The second-order valence-corrected chi connectivity index (χ2v) is 10.4. The fourth-order valence-corrected chi connectivity index (χ4v) is 5.00.